The summed E-state index contributed by atoms with van der Waals surface area (Å²) in [4.78, 5) is 0. The van der Waals surface area contributed by atoms with Crippen LogP contribution in [0.15, 0.2) is 6.20 Å². The van der Waals surface area contributed by atoms with Gasteiger partial charge in [-0.05, 0) is 62.7 Å². The second kappa shape index (κ2) is 4.34. The Balaban J connectivity index is 1.45. The molecule has 4 saturated carbocycles. The van der Waals surface area contributed by atoms with Crippen LogP contribution >= 0.6 is 0 Å². The maximum atomic E-state index is 4.35. The SMILES string of the molecule is Cc1c(CNC2C3CC4CC(C3)CC2C4)cnn1C. The fourth-order valence-corrected chi connectivity index (χ4v) is 5.20. The first kappa shape index (κ1) is 12.0. The number of nitrogens with one attached hydrogen (secondary N) is 1. The molecular weight excluding hydrogens is 234 g/mol. The molecule has 0 atom stereocenters. The Labute approximate surface area is 115 Å². The Kier molecular flexibility index (Phi) is 2.73. The number of rotatable bonds is 3. The fraction of sp³-hybridized carbons (Fsp3) is 0.812. The van der Waals surface area contributed by atoms with Gasteiger partial charge in [-0.1, -0.05) is 0 Å². The van der Waals surface area contributed by atoms with Crippen molar-refractivity contribution < 1.29 is 0 Å². The summed E-state index contributed by atoms with van der Waals surface area (Å²) in [6.07, 6.45) is 9.56. The molecule has 1 aromatic heterocycles. The lowest BCUT2D eigenvalue weighted by Crippen LogP contribution is -2.54. The van der Waals surface area contributed by atoms with Crippen molar-refractivity contribution in [1.82, 2.24) is 15.1 Å². The third-order valence-electron chi connectivity index (χ3n) is 6.09. The van der Waals surface area contributed by atoms with Gasteiger partial charge in [-0.25, -0.2) is 0 Å². The van der Waals surface area contributed by atoms with E-state index in [-0.39, 0.29) is 0 Å². The molecule has 3 nitrogen and oxygen atoms in total. The molecule has 4 aliphatic carbocycles. The zero-order valence-electron chi connectivity index (χ0n) is 12.1. The summed E-state index contributed by atoms with van der Waals surface area (Å²) in [7, 11) is 2.03. The van der Waals surface area contributed by atoms with Crippen molar-refractivity contribution >= 4 is 0 Å². The van der Waals surface area contributed by atoms with Gasteiger partial charge >= 0.3 is 0 Å². The molecule has 0 unspecified atom stereocenters. The first-order valence-electron chi connectivity index (χ1n) is 7.91. The lowest BCUT2D eigenvalue weighted by molar-refractivity contribution is -0.0142. The molecule has 0 aliphatic heterocycles. The van der Waals surface area contributed by atoms with Crippen molar-refractivity contribution in [3.8, 4) is 0 Å². The highest BCUT2D eigenvalue weighted by molar-refractivity contribution is 5.16. The third-order valence-corrected chi connectivity index (χ3v) is 6.09. The Morgan fingerprint density at radius 1 is 1.16 bits per heavy atom. The molecule has 4 bridgehead atoms. The third kappa shape index (κ3) is 1.94. The van der Waals surface area contributed by atoms with Crippen LogP contribution in [0.2, 0.25) is 0 Å². The van der Waals surface area contributed by atoms with E-state index in [0.29, 0.717) is 0 Å². The molecule has 5 rings (SSSR count). The highest BCUT2D eigenvalue weighted by atomic mass is 15.3. The maximum Gasteiger partial charge on any atom is 0.0537 e. The minimum Gasteiger partial charge on any atom is -0.309 e. The van der Waals surface area contributed by atoms with Crippen LogP contribution < -0.4 is 5.32 Å². The average Bonchev–Trinajstić information content (AvgIpc) is 2.69. The molecule has 0 aromatic carbocycles. The van der Waals surface area contributed by atoms with Gasteiger partial charge in [0.15, 0.2) is 0 Å². The normalized spacial score (nSPS) is 40.0. The summed E-state index contributed by atoms with van der Waals surface area (Å²) in [6.45, 7) is 3.17. The van der Waals surface area contributed by atoms with Gasteiger partial charge in [-0.2, -0.15) is 5.10 Å². The lowest BCUT2D eigenvalue weighted by atomic mass is 9.54. The van der Waals surface area contributed by atoms with Gasteiger partial charge in [-0.15, -0.1) is 0 Å². The minimum atomic E-state index is 0.785. The van der Waals surface area contributed by atoms with Crippen molar-refractivity contribution in [2.24, 2.45) is 30.7 Å². The van der Waals surface area contributed by atoms with E-state index in [1.54, 1.807) is 6.42 Å². The van der Waals surface area contributed by atoms with Crippen LogP contribution in [-0.4, -0.2) is 15.8 Å². The average molecular weight is 259 g/mol. The predicted octanol–water partition coefficient (Wildman–Crippen LogP) is 2.64. The second-order valence-corrected chi connectivity index (χ2v) is 7.22. The molecule has 1 aromatic rings. The number of aryl methyl sites for hydroxylation is 1. The van der Waals surface area contributed by atoms with E-state index < -0.39 is 0 Å². The van der Waals surface area contributed by atoms with E-state index in [2.05, 4.69) is 17.3 Å². The van der Waals surface area contributed by atoms with Gasteiger partial charge < -0.3 is 5.32 Å². The molecule has 1 N–H and O–H groups in total. The van der Waals surface area contributed by atoms with Gasteiger partial charge in [0.2, 0.25) is 0 Å². The van der Waals surface area contributed by atoms with Crippen molar-refractivity contribution in [1.29, 1.82) is 0 Å². The Hall–Kier alpha value is -0.830. The van der Waals surface area contributed by atoms with Crippen LogP contribution in [0.4, 0.5) is 0 Å². The van der Waals surface area contributed by atoms with Gasteiger partial charge in [0.05, 0.1) is 6.20 Å². The van der Waals surface area contributed by atoms with Crippen molar-refractivity contribution in [3.05, 3.63) is 17.5 Å². The summed E-state index contributed by atoms with van der Waals surface area (Å²) in [5, 5.41) is 8.23. The van der Waals surface area contributed by atoms with Gasteiger partial charge in [0, 0.05) is 30.9 Å². The number of hydrogen-bond donors (Lipinski definition) is 1. The van der Waals surface area contributed by atoms with E-state index in [9.17, 15) is 0 Å². The molecular formula is C16H25N3. The van der Waals surface area contributed by atoms with Gasteiger partial charge in [-0.3, -0.25) is 4.68 Å². The van der Waals surface area contributed by atoms with Gasteiger partial charge in [0.1, 0.15) is 0 Å². The summed E-state index contributed by atoms with van der Waals surface area (Å²) < 4.78 is 1.98. The Morgan fingerprint density at radius 3 is 2.32 bits per heavy atom. The van der Waals surface area contributed by atoms with E-state index in [0.717, 1.165) is 36.3 Å². The molecule has 0 radical (unpaired) electrons. The Bertz CT molecular complexity index is 448. The first-order valence-corrected chi connectivity index (χ1v) is 7.91. The van der Waals surface area contributed by atoms with Crippen LogP contribution in [0.1, 0.15) is 43.4 Å². The monoisotopic (exact) mass is 259 g/mol. The predicted molar refractivity (Wildman–Crippen MR) is 75.6 cm³/mol. The standard InChI is InChI=1S/C16H25N3/c1-10-15(9-18-19(10)2)8-17-16-13-4-11-3-12(6-13)7-14(16)5-11/h9,11-14,16-17H,3-8H2,1-2H3. The summed E-state index contributed by atoms with van der Waals surface area (Å²) >= 11 is 0. The fourth-order valence-electron chi connectivity index (χ4n) is 5.20. The van der Waals surface area contributed by atoms with Crippen molar-refractivity contribution in [2.45, 2.75) is 51.6 Å². The Morgan fingerprint density at radius 2 is 1.79 bits per heavy atom. The van der Waals surface area contributed by atoms with E-state index >= 15 is 0 Å². The number of aromatic nitrogens is 2. The van der Waals surface area contributed by atoms with Crippen LogP contribution in [0.3, 0.4) is 0 Å². The molecule has 0 spiro atoms. The number of hydrogen-bond acceptors (Lipinski definition) is 2. The summed E-state index contributed by atoms with van der Waals surface area (Å²) in [5.41, 5.74) is 2.67. The van der Waals surface area contributed by atoms with E-state index in [1.807, 2.05) is 17.9 Å². The largest absolute Gasteiger partial charge is 0.309 e. The van der Waals surface area contributed by atoms with Crippen LogP contribution in [0, 0.1) is 30.6 Å². The molecule has 1 heterocycles. The zero-order valence-corrected chi connectivity index (χ0v) is 12.1. The van der Waals surface area contributed by atoms with Crippen molar-refractivity contribution in [3.63, 3.8) is 0 Å². The smallest absolute Gasteiger partial charge is 0.0537 e. The molecule has 4 aliphatic rings. The first-order chi connectivity index (χ1) is 9.20. The molecule has 104 valence electrons. The lowest BCUT2D eigenvalue weighted by Gasteiger charge is -2.54. The topological polar surface area (TPSA) is 29.9 Å². The van der Waals surface area contributed by atoms with Crippen molar-refractivity contribution in [2.75, 3.05) is 0 Å². The summed E-state index contributed by atoms with van der Waals surface area (Å²) in [6, 6.07) is 0.785. The zero-order chi connectivity index (χ0) is 13.0. The molecule has 0 saturated heterocycles. The van der Waals surface area contributed by atoms with E-state index in [4.69, 9.17) is 0 Å². The molecule has 3 heteroatoms. The molecule has 19 heavy (non-hydrogen) atoms. The highest BCUT2D eigenvalue weighted by Crippen LogP contribution is 2.53. The molecule has 4 fully saturated rings. The molecule has 0 amide bonds. The van der Waals surface area contributed by atoms with Crippen LogP contribution in [-0.2, 0) is 13.6 Å². The second-order valence-electron chi connectivity index (χ2n) is 7.22. The van der Waals surface area contributed by atoms with Crippen LogP contribution in [0.25, 0.3) is 0 Å². The number of nitrogens with zero attached hydrogens (tertiary/aromatic N) is 2. The summed E-state index contributed by atoms with van der Waals surface area (Å²) in [5.74, 6) is 4.07. The quantitative estimate of drug-likeness (QED) is 0.904. The highest BCUT2D eigenvalue weighted by Gasteiger charge is 2.47. The minimum absolute atomic E-state index is 0.785. The van der Waals surface area contributed by atoms with Crippen LogP contribution in [0.5, 0.6) is 0 Å². The van der Waals surface area contributed by atoms with E-state index in [1.165, 1.54) is 36.9 Å². The maximum absolute atomic E-state index is 4.35. The van der Waals surface area contributed by atoms with Gasteiger partial charge in [0.25, 0.3) is 0 Å².